The van der Waals surface area contributed by atoms with Gasteiger partial charge in [-0.3, -0.25) is 0 Å². The van der Waals surface area contributed by atoms with Crippen molar-refractivity contribution in [1.29, 1.82) is 0 Å². The highest BCUT2D eigenvalue weighted by Gasteiger charge is 2.26. The highest BCUT2D eigenvalue weighted by atomic mass is 32.2. The molecule has 1 aromatic rings. The number of nitrogens with zero attached hydrogens (tertiary/aromatic N) is 1. The van der Waals surface area contributed by atoms with Crippen molar-refractivity contribution in [1.82, 2.24) is 9.03 Å². The van der Waals surface area contributed by atoms with Crippen LogP contribution in [0.3, 0.4) is 0 Å². The number of hydrogen-bond donors (Lipinski definition) is 2. The van der Waals surface area contributed by atoms with Gasteiger partial charge in [0.25, 0.3) is 10.2 Å². The molecule has 1 fully saturated rings. The average molecular weight is 298 g/mol. The lowest BCUT2D eigenvalue weighted by Crippen LogP contribution is -2.45. The number of nitrogens with one attached hydrogen (secondary N) is 1. The molecule has 1 saturated carbocycles. The zero-order chi connectivity index (χ0) is 14.6. The Hall–Kier alpha value is -0.950. The van der Waals surface area contributed by atoms with E-state index in [0.29, 0.717) is 32.2 Å². The molecule has 1 aromatic carbocycles. The Morgan fingerprint density at radius 2 is 1.80 bits per heavy atom. The minimum atomic E-state index is -3.47. The lowest BCUT2D eigenvalue weighted by atomic mass is 9.94. The molecule has 112 valence electrons. The fourth-order valence-electron chi connectivity index (χ4n) is 2.42. The second kappa shape index (κ2) is 6.67. The van der Waals surface area contributed by atoms with Gasteiger partial charge in [0.2, 0.25) is 0 Å². The molecule has 6 heteroatoms. The van der Waals surface area contributed by atoms with Crippen molar-refractivity contribution in [2.24, 2.45) is 0 Å². The first kappa shape index (κ1) is 15.4. The van der Waals surface area contributed by atoms with E-state index in [1.165, 1.54) is 4.31 Å². The molecule has 0 spiro atoms. The lowest BCUT2D eigenvalue weighted by molar-refractivity contribution is 0.120. The van der Waals surface area contributed by atoms with Gasteiger partial charge < -0.3 is 5.11 Å². The Balaban J connectivity index is 1.92. The van der Waals surface area contributed by atoms with Crippen molar-refractivity contribution < 1.29 is 13.5 Å². The molecule has 0 unspecified atom stereocenters. The van der Waals surface area contributed by atoms with Gasteiger partial charge in [-0.2, -0.15) is 17.4 Å². The van der Waals surface area contributed by atoms with Crippen molar-refractivity contribution in [2.75, 3.05) is 7.05 Å². The van der Waals surface area contributed by atoms with E-state index < -0.39 is 10.2 Å². The molecular formula is C14H22N2O3S. The van der Waals surface area contributed by atoms with Crippen molar-refractivity contribution in [3.05, 3.63) is 35.9 Å². The summed E-state index contributed by atoms with van der Waals surface area (Å²) in [4.78, 5) is 0. The maximum atomic E-state index is 12.2. The van der Waals surface area contributed by atoms with Crippen LogP contribution in [-0.2, 0) is 16.8 Å². The highest BCUT2D eigenvalue weighted by Crippen LogP contribution is 2.19. The van der Waals surface area contributed by atoms with E-state index in [1.807, 2.05) is 30.3 Å². The van der Waals surface area contributed by atoms with Crippen LogP contribution in [0.5, 0.6) is 0 Å². The topological polar surface area (TPSA) is 69.6 Å². The van der Waals surface area contributed by atoms with Crippen LogP contribution in [-0.4, -0.2) is 37.0 Å². The van der Waals surface area contributed by atoms with Crippen LogP contribution in [0.1, 0.15) is 31.2 Å². The van der Waals surface area contributed by atoms with Crippen LogP contribution in [0.15, 0.2) is 30.3 Å². The first-order chi connectivity index (χ1) is 9.47. The molecule has 0 bridgehead atoms. The molecule has 2 N–H and O–H groups in total. The van der Waals surface area contributed by atoms with Crippen LogP contribution >= 0.6 is 0 Å². The third-order valence-electron chi connectivity index (χ3n) is 3.67. The Kier molecular flexibility index (Phi) is 5.15. The summed E-state index contributed by atoms with van der Waals surface area (Å²) in [5.41, 5.74) is 0.958. The SMILES string of the molecule is CN(Cc1ccccc1)S(=O)(=O)NC1CCC(O)CC1. The van der Waals surface area contributed by atoms with Crippen LogP contribution in [0, 0.1) is 0 Å². The number of hydrogen-bond acceptors (Lipinski definition) is 3. The van der Waals surface area contributed by atoms with E-state index in [9.17, 15) is 13.5 Å². The monoisotopic (exact) mass is 298 g/mol. The lowest BCUT2D eigenvalue weighted by Gasteiger charge is -2.28. The fourth-order valence-corrected chi connectivity index (χ4v) is 3.58. The highest BCUT2D eigenvalue weighted by molar-refractivity contribution is 7.87. The number of benzene rings is 1. The molecule has 0 heterocycles. The van der Waals surface area contributed by atoms with Crippen LogP contribution in [0.25, 0.3) is 0 Å². The van der Waals surface area contributed by atoms with Crippen molar-refractivity contribution in [3.63, 3.8) is 0 Å². The third-order valence-corrected chi connectivity index (χ3v) is 5.25. The quantitative estimate of drug-likeness (QED) is 0.860. The van der Waals surface area contributed by atoms with Crippen LogP contribution < -0.4 is 4.72 Å². The normalized spacial score (nSPS) is 23.9. The second-order valence-electron chi connectivity index (χ2n) is 5.37. The van der Waals surface area contributed by atoms with Crippen molar-refractivity contribution >= 4 is 10.2 Å². The molecule has 5 nitrogen and oxygen atoms in total. The standard InChI is InChI=1S/C14H22N2O3S/c1-16(11-12-5-3-2-4-6-12)20(18,19)15-13-7-9-14(17)10-8-13/h2-6,13-15,17H,7-11H2,1H3. The Morgan fingerprint density at radius 1 is 1.20 bits per heavy atom. The molecule has 0 saturated heterocycles. The van der Waals surface area contributed by atoms with Crippen LogP contribution in [0.2, 0.25) is 0 Å². The minimum absolute atomic E-state index is 0.0679. The largest absolute Gasteiger partial charge is 0.393 e. The van der Waals surface area contributed by atoms with E-state index in [2.05, 4.69) is 4.72 Å². The summed E-state index contributed by atoms with van der Waals surface area (Å²) in [5.74, 6) is 0. The molecule has 0 atom stereocenters. The zero-order valence-corrected chi connectivity index (χ0v) is 12.5. The average Bonchev–Trinajstić information content (AvgIpc) is 2.42. The fraction of sp³-hybridized carbons (Fsp3) is 0.571. The molecule has 0 aliphatic heterocycles. The first-order valence-corrected chi connectivity index (χ1v) is 8.37. The predicted molar refractivity (Wildman–Crippen MR) is 78.2 cm³/mol. The maximum Gasteiger partial charge on any atom is 0.279 e. The van der Waals surface area contributed by atoms with E-state index in [1.54, 1.807) is 7.05 Å². The van der Waals surface area contributed by atoms with Gasteiger partial charge in [0.1, 0.15) is 0 Å². The van der Waals surface area contributed by atoms with E-state index in [0.717, 1.165) is 5.56 Å². The van der Waals surface area contributed by atoms with Gasteiger partial charge in [-0.15, -0.1) is 0 Å². The summed E-state index contributed by atoms with van der Waals surface area (Å²) < 4.78 is 28.5. The van der Waals surface area contributed by atoms with E-state index in [4.69, 9.17) is 0 Å². The van der Waals surface area contributed by atoms with Gasteiger partial charge in [-0.25, -0.2) is 0 Å². The van der Waals surface area contributed by atoms with Gasteiger partial charge in [-0.1, -0.05) is 30.3 Å². The van der Waals surface area contributed by atoms with Gasteiger partial charge >= 0.3 is 0 Å². The Morgan fingerprint density at radius 3 is 2.40 bits per heavy atom. The number of rotatable bonds is 5. The predicted octanol–water partition coefficient (Wildman–Crippen LogP) is 1.26. The molecule has 20 heavy (non-hydrogen) atoms. The smallest absolute Gasteiger partial charge is 0.279 e. The molecule has 0 radical (unpaired) electrons. The van der Waals surface area contributed by atoms with E-state index >= 15 is 0 Å². The summed E-state index contributed by atoms with van der Waals surface area (Å²) >= 11 is 0. The summed E-state index contributed by atoms with van der Waals surface area (Å²) in [5, 5.41) is 9.44. The zero-order valence-electron chi connectivity index (χ0n) is 11.7. The summed E-state index contributed by atoms with van der Waals surface area (Å²) in [6.07, 6.45) is 2.43. The van der Waals surface area contributed by atoms with E-state index in [-0.39, 0.29) is 12.1 Å². The maximum absolute atomic E-state index is 12.2. The molecule has 1 aliphatic rings. The van der Waals surface area contributed by atoms with Gasteiger partial charge in [0.15, 0.2) is 0 Å². The van der Waals surface area contributed by atoms with Gasteiger partial charge in [-0.05, 0) is 31.2 Å². The van der Waals surface area contributed by atoms with Gasteiger partial charge in [0, 0.05) is 19.6 Å². The molecule has 0 aromatic heterocycles. The molecule has 0 amide bonds. The van der Waals surface area contributed by atoms with Crippen molar-refractivity contribution in [3.8, 4) is 0 Å². The molecule has 1 aliphatic carbocycles. The third kappa shape index (κ3) is 4.28. The summed E-state index contributed by atoms with van der Waals surface area (Å²) in [6, 6.07) is 9.44. The van der Waals surface area contributed by atoms with Crippen molar-refractivity contribution in [2.45, 2.75) is 44.4 Å². The minimum Gasteiger partial charge on any atom is -0.393 e. The second-order valence-corrected chi connectivity index (χ2v) is 7.18. The number of aliphatic hydroxyl groups is 1. The summed E-state index contributed by atoms with van der Waals surface area (Å²) in [6.45, 7) is 0.353. The Bertz CT molecular complexity index is 510. The summed E-state index contributed by atoms with van der Waals surface area (Å²) in [7, 11) is -1.90. The Labute approximate surface area is 120 Å². The van der Waals surface area contributed by atoms with Crippen LogP contribution in [0.4, 0.5) is 0 Å². The molecule has 2 rings (SSSR count). The van der Waals surface area contributed by atoms with Gasteiger partial charge in [0.05, 0.1) is 6.10 Å². The molecular weight excluding hydrogens is 276 g/mol. The first-order valence-electron chi connectivity index (χ1n) is 6.93. The number of aliphatic hydroxyl groups excluding tert-OH is 1.